The lowest BCUT2D eigenvalue weighted by molar-refractivity contribution is 0.0934. The summed E-state index contributed by atoms with van der Waals surface area (Å²) in [4.78, 5) is 6.64. The van der Waals surface area contributed by atoms with Gasteiger partial charge in [0.2, 0.25) is 0 Å². The molecule has 9 heteroatoms. The van der Waals surface area contributed by atoms with Crippen LogP contribution in [0.1, 0.15) is 29.9 Å². The normalized spacial score (nSPS) is 15.8. The number of rotatable bonds is 11. The zero-order chi connectivity index (χ0) is 23.0. The maximum atomic E-state index is 5.91. The van der Waals surface area contributed by atoms with E-state index in [1.54, 1.807) is 26.0 Å². The van der Waals surface area contributed by atoms with Gasteiger partial charge >= 0.3 is 0 Å². The number of aromatic nitrogens is 4. The monoisotopic (exact) mass is 469 g/mol. The molecule has 1 saturated heterocycles. The zero-order valence-corrected chi connectivity index (χ0v) is 20.3. The molecule has 3 heterocycles. The smallest absolute Gasteiger partial charge is 0.191 e. The van der Waals surface area contributed by atoms with Gasteiger partial charge < -0.3 is 18.8 Å². The van der Waals surface area contributed by atoms with E-state index in [9.17, 15) is 0 Å². The summed E-state index contributed by atoms with van der Waals surface area (Å²) in [5.41, 5.74) is 2.12. The van der Waals surface area contributed by atoms with Crippen molar-refractivity contribution in [2.24, 2.45) is 0 Å². The van der Waals surface area contributed by atoms with E-state index in [0.29, 0.717) is 6.54 Å². The molecular weight excluding hydrogens is 438 g/mol. The quantitative estimate of drug-likeness (QED) is 0.393. The van der Waals surface area contributed by atoms with Gasteiger partial charge in [0.25, 0.3) is 0 Å². The van der Waals surface area contributed by atoms with Gasteiger partial charge in [0.1, 0.15) is 17.3 Å². The minimum absolute atomic E-state index is 0.209. The first-order valence-electron chi connectivity index (χ1n) is 11.1. The third kappa shape index (κ3) is 6.25. The van der Waals surface area contributed by atoms with E-state index in [0.717, 1.165) is 72.0 Å². The summed E-state index contributed by atoms with van der Waals surface area (Å²) in [6, 6.07) is 11.9. The molecule has 2 aromatic heterocycles. The van der Waals surface area contributed by atoms with Crippen LogP contribution in [0.15, 0.2) is 47.8 Å². The van der Waals surface area contributed by atoms with E-state index >= 15 is 0 Å². The minimum atomic E-state index is 0.209. The fraction of sp³-hybridized carbons (Fsp3) is 0.458. The molecule has 1 unspecified atom stereocenters. The average molecular weight is 470 g/mol. The van der Waals surface area contributed by atoms with Crippen molar-refractivity contribution < 1.29 is 14.2 Å². The number of hydrogen-bond acceptors (Lipinski definition) is 8. The van der Waals surface area contributed by atoms with Crippen LogP contribution < -0.4 is 9.47 Å². The molecule has 33 heavy (non-hydrogen) atoms. The Hall–Kier alpha value is -2.62. The summed E-state index contributed by atoms with van der Waals surface area (Å²) in [5, 5.41) is 9.96. The maximum Gasteiger partial charge on any atom is 0.191 e. The van der Waals surface area contributed by atoms with Crippen LogP contribution in [0.4, 0.5) is 0 Å². The number of thioether (sulfide) groups is 1. The van der Waals surface area contributed by atoms with Crippen LogP contribution in [0.25, 0.3) is 0 Å². The van der Waals surface area contributed by atoms with Gasteiger partial charge in [-0.3, -0.25) is 9.88 Å². The molecule has 0 N–H and O–H groups in total. The highest BCUT2D eigenvalue weighted by atomic mass is 32.2. The van der Waals surface area contributed by atoms with Gasteiger partial charge in [-0.05, 0) is 38.1 Å². The molecule has 0 spiro atoms. The maximum absolute atomic E-state index is 5.91. The SMILES string of the molecule is COc1ccc(CN(C)Cc2nnc(SCc3ccccn3)n2CC2CCCO2)c(OC)c1. The lowest BCUT2D eigenvalue weighted by atomic mass is 10.2. The second kappa shape index (κ2) is 11.5. The summed E-state index contributed by atoms with van der Waals surface area (Å²) in [6.07, 6.45) is 4.21. The Balaban J connectivity index is 1.48. The predicted octanol–water partition coefficient (Wildman–Crippen LogP) is 3.79. The first-order chi connectivity index (χ1) is 16.2. The molecule has 0 radical (unpaired) electrons. The van der Waals surface area contributed by atoms with Crippen molar-refractivity contribution >= 4 is 11.8 Å². The Morgan fingerprint density at radius 1 is 1.15 bits per heavy atom. The summed E-state index contributed by atoms with van der Waals surface area (Å²) in [5.74, 6) is 3.28. The Morgan fingerprint density at radius 3 is 2.79 bits per heavy atom. The molecular formula is C24H31N5O3S. The van der Waals surface area contributed by atoms with Crippen molar-refractivity contribution in [2.75, 3.05) is 27.9 Å². The van der Waals surface area contributed by atoms with E-state index in [-0.39, 0.29) is 6.10 Å². The Bertz CT molecular complexity index is 1020. The lowest BCUT2D eigenvalue weighted by Crippen LogP contribution is -2.23. The van der Waals surface area contributed by atoms with E-state index in [2.05, 4.69) is 31.7 Å². The average Bonchev–Trinajstić information content (AvgIpc) is 3.49. The van der Waals surface area contributed by atoms with Crippen LogP contribution in [0.2, 0.25) is 0 Å². The Labute approximate surface area is 199 Å². The Morgan fingerprint density at radius 2 is 2.06 bits per heavy atom. The molecule has 1 fully saturated rings. The van der Waals surface area contributed by atoms with Crippen LogP contribution in [0.3, 0.4) is 0 Å². The first kappa shape index (κ1) is 23.5. The number of ether oxygens (including phenoxy) is 3. The van der Waals surface area contributed by atoms with Crippen LogP contribution in [-0.2, 0) is 30.1 Å². The summed E-state index contributed by atoms with van der Waals surface area (Å²) >= 11 is 1.66. The van der Waals surface area contributed by atoms with Crippen LogP contribution in [-0.4, -0.2) is 58.6 Å². The molecule has 0 bridgehead atoms. The van der Waals surface area contributed by atoms with Gasteiger partial charge in [0, 0.05) is 36.7 Å². The van der Waals surface area contributed by atoms with Gasteiger partial charge in [0.05, 0.1) is 39.1 Å². The third-order valence-electron chi connectivity index (χ3n) is 5.62. The highest BCUT2D eigenvalue weighted by molar-refractivity contribution is 7.98. The molecule has 1 atom stereocenters. The highest BCUT2D eigenvalue weighted by Crippen LogP contribution is 2.27. The van der Waals surface area contributed by atoms with E-state index < -0.39 is 0 Å². The second-order valence-electron chi connectivity index (χ2n) is 8.10. The van der Waals surface area contributed by atoms with Gasteiger partial charge in [-0.15, -0.1) is 10.2 Å². The van der Waals surface area contributed by atoms with Crippen molar-refractivity contribution in [1.82, 2.24) is 24.6 Å². The molecule has 1 aliphatic rings. The zero-order valence-electron chi connectivity index (χ0n) is 19.4. The van der Waals surface area contributed by atoms with Crippen molar-refractivity contribution in [1.29, 1.82) is 0 Å². The molecule has 3 aromatic rings. The van der Waals surface area contributed by atoms with Gasteiger partial charge in [0.15, 0.2) is 5.16 Å². The lowest BCUT2D eigenvalue weighted by Gasteiger charge is -2.20. The molecule has 0 amide bonds. The van der Waals surface area contributed by atoms with Crippen molar-refractivity contribution in [2.45, 2.75) is 49.5 Å². The van der Waals surface area contributed by atoms with Crippen LogP contribution in [0, 0.1) is 0 Å². The Kier molecular flexibility index (Phi) is 8.20. The minimum Gasteiger partial charge on any atom is -0.497 e. The standard InChI is InChI=1S/C24H31N5O3S/c1-28(14-18-9-10-20(30-2)13-22(18)31-3)16-23-26-27-24(29(23)15-21-8-6-12-32-21)33-17-19-7-4-5-11-25-19/h4-5,7,9-11,13,21H,6,8,12,14-17H2,1-3H3. The van der Waals surface area contributed by atoms with E-state index in [4.69, 9.17) is 14.2 Å². The molecule has 8 nitrogen and oxygen atoms in total. The fourth-order valence-electron chi connectivity index (χ4n) is 3.91. The second-order valence-corrected chi connectivity index (χ2v) is 9.05. The molecule has 0 aliphatic carbocycles. The van der Waals surface area contributed by atoms with E-state index in [1.165, 1.54) is 0 Å². The van der Waals surface area contributed by atoms with E-state index in [1.807, 2.05) is 42.6 Å². The summed E-state index contributed by atoms with van der Waals surface area (Å²) in [6.45, 7) is 2.98. The number of nitrogens with zero attached hydrogens (tertiary/aromatic N) is 5. The van der Waals surface area contributed by atoms with Gasteiger partial charge in [-0.2, -0.15) is 0 Å². The fourth-order valence-corrected chi connectivity index (χ4v) is 4.79. The molecule has 1 aromatic carbocycles. The van der Waals surface area contributed by atoms with Crippen molar-refractivity contribution in [3.8, 4) is 11.5 Å². The molecule has 0 saturated carbocycles. The highest BCUT2D eigenvalue weighted by Gasteiger charge is 2.22. The van der Waals surface area contributed by atoms with Gasteiger partial charge in [-0.1, -0.05) is 23.9 Å². The topological polar surface area (TPSA) is 74.5 Å². The number of pyridine rings is 1. The van der Waals surface area contributed by atoms with Crippen LogP contribution in [0.5, 0.6) is 11.5 Å². The van der Waals surface area contributed by atoms with Crippen molar-refractivity contribution in [3.05, 3.63) is 59.7 Å². The number of benzene rings is 1. The molecule has 176 valence electrons. The number of hydrogen-bond donors (Lipinski definition) is 0. The predicted molar refractivity (Wildman–Crippen MR) is 128 cm³/mol. The first-order valence-corrected chi connectivity index (χ1v) is 12.1. The summed E-state index contributed by atoms with van der Waals surface area (Å²) < 4.78 is 19.0. The molecule has 4 rings (SSSR count). The third-order valence-corrected chi connectivity index (χ3v) is 6.63. The largest absolute Gasteiger partial charge is 0.497 e. The van der Waals surface area contributed by atoms with Crippen molar-refractivity contribution in [3.63, 3.8) is 0 Å². The van der Waals surface area contributed by atoms with Gasteiger partial charge in [-0.25, -0.2) is 0 Å². The van der Waals surface area contributed by atoms with Crippen LogP contribution >= 0.6 is 11.8 Å². The summed E-state index contributed by atoms with van der Waals surface area (Å²) in [7, 11) is 5.42. The number of methoxy groups -OCH3 is 2. The molecule has 1 aliphatic heterocycles.